The summed E-state index contributed by atoms with van der Waals surface area (Å²) in [5.41, 5.74) is 10.4. The van der Waals surface area contributed by atoms with Crippen molar-refractivity contribution in [1.82, 2.24) is 29.1 Å². The molecular weight excluding hydrogens is 330 g/mol. The number of aryl methyl sites for hydroxylation is 1. The first kappa shape index (κ1) is 15.3. The van der Waals surface area contributed by atoms with Gasteiger partial charge in [-0.3, -0.25) is 0 Å². The zero-order valence-corrected chi connectivity index (χ0v) is 14.5. The number of imidazole rings is 1. The van der Waals surface area contributed by atoms with Crippen LogP contribution in [0.2, 0.25) is 0 Å². The first-order valence-corrected chi connectivity index (χ1v) is 8.73. The zero-order chi connectivity index (χ0) is 17.7. The quantitative estimate of drug-likeness (QED) is 0.597. The van der Waals surface area contributed by atoms with Crippen molar-refractivity contribution in [3.8, 4) is 11.1 Å². The summed E-state index contributed by atoms with van der Waals surface area (Å²) in [5.74, 6) is 1.25. The van der Waals surface area contributed by atoms with Gasteiger partial charge in [0.1, 0.15) is 5.82 Å². The second-order valence-electron chi connectivity index (χ2n) is 6.61. The van der Waals surface area contributed by atoms with Crippen LogP contribution in [-0.4, -0.2) is 42.3 Å². The Hall–Kier alpha value is -3.00. The summed E-state index contributed by atoms with van der Waals surface area (Å²) in [4.78, 5) is 13.4. The molecule has 0 atom stereocenters. The molecule has 4 aromatic heterocycles. The third-order valence-electron chi connectivity index (χ3n) is 5.02. The van der Waals surface area contributed by atoms with Gasteiger partial charge in [-0.1, -0.05) is 0 Å². The molecule has 5 rings (SSSR count). The summed E-state index contributed by atoms with van der Waals surface area (Å²) < 4.78 is 9.56. The van der Waals surface area contributed by atoms with Gasteiger partial charge in [-0.05, 0) is 31.9 Å². The largest absolute Gasteiger partial charge is 0.381 e. The van der Waals surface area contributed by atoms with Crippen LogP contribution in [0.15, 0.2) is 30.7 Å². The molecule has 8 heteroatoms. The normalized spacial score (nSPS) is 15.9. The molecule has 4 aromatic rings. The lowest BCUT2D eigenvalue weighted by atomic mass is 10.1. The predicted molar refractivity (Wildman–Crippen MR) is 97.7 cm³/mol. The molecule has 2 N–H and O–H groups in total. The molecule has 1 aliphatic heterocycles. The maximum absolute atomic E-state index is 5.67. The molecule has 0 aromatic carbocycles. The van der Waals surface area contributed by atoms with E-state index in [1.165, 1.54) is 0 Å². The number of anilines is 1. The van der Waals surface area contributed by atoms with Gasteiger partial charge in [0.15, 0.2) is 5.65 Å². The van der Waals surface area contributed by atoms with Crippen molar-refractivity contribution < 1.29 is 4.74 Å². The van der Waals surface area contributed by atoms with Crippen LogP contribution in [0, 0.1) is 6.92 Å². The fraction of sp³-hybridized carbons (Fsp3) is 0.333. The van der Waals surface area contributed by atoms with Crippen molar-refractivity contribution in [3.05, 3.63) is 36.5 Å². The Bertz CT molecular complexity index is 1110. The van der Waals surface area contributed by atoms with Gasteiger partial charge in [0.25, 0.3) is 0 Å². The molecule has 0 amide bonds. The van der Waals surface area contributed by atoms with Crippen LogP contribution in [0.4, 0.5) is 5.95 Å². The molecule has 0 aliphatic carbocycles. The molecule has 5 heterocycles. The van der Waals surface area contributed by atoms with Crippen molar-refractivity contribution in [2.75, 3.05) is 18.9 Å². The van der Waals surface area contributed by atoms with E-state index < -0.39 is 0 Å². The Morgan fingerprint density at radius 1 is 1.15 bits per heavy atom. The number of hydrogen-bond donors (Lipinski definition) is 1. The lowest BCUT2D eigenvalue weighted by molar-refractivity contribution is 0.0701. The minimum atomic E-state index is 0.251. The van der Waals surface area contributed by atoms with Crippen molar-refractivity contribution in [1.29, 1.82) is 0 Å². The number of pyridine rings is 1. The highest BCUT2D eigenvalue weighted by Crippen LogP contribution is 2.31. The van der Waals surface area contributed by atoms with E-state index in [-0.39, 0.29) is 5.95 Å². The Kier molecular flexibility index (Phi) is 3.39. The van der Waals surface area contributed by atoms with Crippen molar-refractivity contribution >= 4 is 22.6 Å². The van der Waals surface area contributed by atoms with Gasteiger partial charge < -0.3 is 15.0 Å². The molecule has 0 bridgehead atoms. The third-order valence-corrected chi connectivity index (χ3v) is 5.02. The average Bonchev–Trinajstić information content (AvgIpc) is 3.21. The first-order valence-electron chi connectivity index (χ1n) is 8.73. The number of hydrogen-bond acceptors (Lipinski definition) is 6. The Morgan fingerprint density at radius 3 is 2.85 bits per heavy atom. The zero-order valence-electron chi connectivity index (χ0n) is 14.5. The molecule has 0 radical (unpaired) electrons. The van der Waals surface area contributed by atoms with Gasteiger partial charge in [-0.2, -0.15) is 0 Å². The first-order chi connectivity index (χ1) is 12.7. The van der Waals surface area contributed by atoms with E-state index >= 15 is 0 Å². The van der Waals surface area contributed by atoms with Crippen molar-refractivity contribution in [2.45, 2.75) is 25.8 Å². The summed E-state index contributed by atoms with van der Waals surface area (Å²) in [5, 5.41) is 4.21. The summed E-state index contributed by atoms with van der Waals surface area (Å²) in [6.45, 7) is 3.63. The molecule has 26 heavy (non-hydrogen) atoms. The van der Waals surface area contributed by atoms with Gasteiger partial charge in [-0.15, -0.1) is 5.10 Å². The molecule has 0 spiro atoms. The van der Waals surface area contributed by atoms with E-state index in [0.29, 0.717) is 6.04 Å². The highest BCUT2D eigenvalue weighted by molar-refractivity contribution is 5.85. The average molecular weight is 349 g/mol. The Labute approximate surface area is 149 Å². The topological polar surface area (TPSA) is 96.1 Å². The number of nitrogens with two attached hydrogens (primary N) is 1. The summed E-state index contributed by atoms with van der Waals surface area (Å²) in [6.07, 6.45) is 7.48. The van der Waals surface area contributed by atoms with E-state index in [9.17, 15) is 0 Å². The SMILES string of the molecule is Cc1nc2ncc(-c3ccn4nc(N)ncc34)cc2n1C1CCOCC1. The minimum Gasteiger partial charge on any atom is -0.381 e. The number of rotatable bonds is 2. The van der Waals surface area contributed by atoms with Crippen LogP contribution in [-0.2, 0) is 4.74 Å². The number of aromatic nitrogens is 6. The smallest absolute Gasteiger partial charge is 0.238 e. The van der Waals surface area contributed by atoms with Crippen LogP contribution in [0.5, 0.6) is 0 Å². The maximum atomic E-state index is 5.67. The Balaban J connectivity index is 1.67. The number of fused-ring (bicyclic) bond motifs is 2. The molecule has 1 saturated heterocycles. The van der Waals surface area contributed by atoms with E-state index in [1.807, 2.05) is 25.4 Å². The van der Waals surface area contributed by atoms with Crippen LogP contribution in [0.1, 0.15) is 24.7 Å². The maximum Gasteiger partial charge on any atom is 0.238 e. The highest BCUT2D eigenvalue weighted by atomic mass is 16.5. The van der Waals surface area contributed by atoms with Crippen molar-refractivity contribution in [2.24, 2.45) is 0 Å². The predicted octanol–water partition coefficient (Wildman–Crippen LogP) is 2.38. The van der Waals surface area contributed by atoms with E-state index in [4.69, 9.17) is 10.5 Å². The van der Waals surface area contributed by atoms with Crippen LogP contribution >= 0.6 is 0 Å². The number of nitrogen functional groups attached to an aromatic ring is 1. The molecule has 1 fully saturated rings. The minimum absolute atomic E-state index is 0.251. The van der Waals surface area contributed by atoms with Gasteiger partial charge in [0, 0.05) is 42.8 Å². The fourth-order valence-electron chi connectivity index (χ4n) is 3.80. The van der Waals surface area contributed by atoms with Gasteiger partial charge in [0.2, 0.25) is 5.95 Å². The lowest BCUT2D eigenvalue weighted by Crippen LogP contribution is -2.20. The fourth-order valence-corrected chi connectivity index (χ4v) is 3.80. The third kappa shape index (κ3) is 2.33. The highest BCUT2D eigenvalue weighted by Gasteiger charge is 2.21. The van der Waals surface area contributed by atoms with Crippen LogP contribution in [0.3, 0.4) is 0 Å². The van der Waals surface area contributed by atoms with Crippen LogP contribution < -0.4 is 5.73 Å². The van der Waals surface area contributed by atoms with Gasteiger partial charge >= 0.3 is 0 Å². The van der Waals surface area contributed by atoms with Gasteiger partial charge in [0.05, 0.1) is 17.2 Å². The van der Waals surface area contributed by atoms with Crippen LogP contribution in [0.25, 0.3) is 27.8 Å². The molecular formula is C18H19N7O. The number of ether oxygens (including phenoxy) is 1. The Morgan fingerprint density at radius 2 is 2.00 bits per heavy atom. The molecule has 8 nitrogen and oxygen atoms in total. The second kappa shape index (κ2) is 5.77. The van der Waals surface area contributed by atoms with E-state index in [0.717, 1.165) is 59.7 Å². The van der Waals surface area contributed by atoms with Gasteiger partial charge in [-0.25, -0.2) is 19.5 Å². The summed E-state index contributed by atoms with van der Waals surface area (Å²) in [6, 6.07) is 4.57. The summed E-state index contributed by atoms with van der Waals surface area (Å²) in [7, 11) is 0. The molecule has 1 aliphatic rings. The molecule has 132 valence electrons. The van der Waals surface area contributed by atoms with E-state index in [1.54, 1.807) is 10.7 Å². The molecule has 0 unspecified atom stereocenters. The monoisotopic (exact) mass is 349 g/mol. The standard InChI is InChI=1S/C18H19N7O/c1-11-22-17-15(25(11)13-3-6-26-7-4-13)8-12(9-20-17)14-2-5-24-16(14)10-21-18(19)23-24/h2,5,8-10,13H,3-4,6-7H2,1H3,(H2,19,23). The lowest BCUT2D eigenvalue weighted by Gasteiger charge is -2.25. The molecule has 0 saturated carbocycles. The van der Waals surface area contributed by atoms with Crippen molar-refractivity contribution in [3.63, 3.8) is 0 Å². The summed E-state index contributed by atoms with van der Waals surface area (Å²) >= 11 is 0. The second-order valence-corrected chi connectivity index (χ2v) is 6.61. The van der Waals surface area contributed by atoms with E-state index in [2.05, 4.69) is 30.7 Å². The number of nitrogens with zero attached hydrogens (tertiary/aromatic N) is 6.